The maximum atomic E-state index is 10.7. The average molecular weight is 275 g/mol. The Hall–Kier alpha value is 0.400. The van der Waals surface area contributed by atoms with Crippen molar-refractivity contribution in [3.8, 4) is 0 Å². The topological polar surface area (TPSA) is 88.7 Å². The van der Waals surface area contributed by atoms with Crippen molar-refractivity contribution in [2.45, 2.75) is 5.51 Å². The van der Waals surface area contributed by atoms with Crippen LogP contribution in [0.1, 0.15) is 0 Å². The Kier molecular flexibility index (Phi) is 7.24. The second-order valence-corrected chi connectivity index (χ2v) is 2.27. The first kappa shape index (κ1) is 16.8. The van der Waals surface area contributed by atoms with Gasteiger partial charge in [0.05, 0.1) is 0 Å². The van der Waals surface area contributed by atoms with E-state index < -0.39 is 15.6 Å². The fraction of sp³-hybridized carbons (Fsp3) is 1.00. The summed E-state index contributed by atoms with van der Waals surface area (Å²) in [5.74, 6) is 0. The molecule has 0 heterocycles. The van der Waals surface area contributed by atoms with E-state index in [0.29, 0.717) is 0 Å². The second-order valence-electron chi connectivity index (χ2n) is 0.900. The Labute approximate surface area is 70.0 Å². The van der Waals surface area contributed by atoms with E-state index in [4.69, 9.17) is 13.0 Å². The Bertz CT molecular complexity index is 169. The van der Waals surface area contributed by atoms with Crippen molar-refractivity contribution < 1.29 is 54.0 Å². The minimum atomic E-state index is -6.09. The third-order valence-electron chi connectivity index (χ3n) is 0.283. The van der Waals surface area contributed by atoms with Crippen molar-refractivity contribution in [1.29, 1.82) is 0 Å². The Morgan fingerprint density at radius 3 is 1.30 bits per heavy atom. The molecule has 9 heteroatoms. The van der Waals surface area contributed by atoms with Crippen molar-refractivity contribution in [3.63, 3.8) is 0 Å². The average Bonchev–Trinajstić information content (AvgIpc) is 1.25. The molecule has 0 radical (unpaired) electrons. The van der Waals surface area contributed by atoms with Crippen LogP contribution in [0.4, 0.5) is 13.2 Å². The first-order valence-corrected chi connectivity index (χ1v) is 2.68. The summed E-state index contributed by atoms with van der Waals surface area (Å²) >= 11 is 0. The van der Waals surface area contributed by atoms with E-state index in [1.165, 1.54) is 0 Å². The molecule has 0 aliphatic heterocycles. The van der Waals surface area contributed by atoms with Gasteiger partial charge >= 0.3 is 27.9 Å². The molecule has 0 aliphatic carbocycles. The van der Waals surface area contributed by atoms with Gasteiger partial charge in [0.15, 0.2) is 10.1 Å². The number of hydrogen-bond acceptors (Lipinski definition) is 3. The van der Waals surface area contributed by atoms with E-state index in [2.05, 4.69) is 0 Å². The van der Waals surface area contributed by atoms with Crippen molar-refractivity contribution in [1.82, 2.24) is 0 Å². The number of hydrogen-bond donors (Lipinski definition) is 0. The van der Waals surface area contributed by atoms with Gasteiger partial charge < -0.3 is 10.0 Å². The summed E-state index contributed by atoms with van der Waals surface area (Å²) in [5, 5.41) is 0. The molecule has 0 aromatic rings. The predicted octanol–water partition coefficient (Wildman–Crippen LogP) is -0.776. The molecule has 0 bridgehead atoms. The van der Waals surface area contributed by atoms with Gasteiger partial charge in [-0.1, -0.05) is 0 Å². The third kappa shape index (κ3) is 5.21. The van der Waals surface area contributed by atoms with E-state index in [1.54, 1.807) is 0 Å². The van der Waals surface area contributed by atoms with Gasteiger partial charge in [-0.15, -0.1) is 0 Å². The molecule has 0 rings (SSSR count). The van der Waals surface area contributed by atoms with Crippen molar-refractivity contribution >= 4 is 10.1 Å². The molecule has 0 saturated carbocycles. The van der Waals surface area contributed by atoms with Crippen molar-refractivity contribution in [2.24, 2.45) is 0 Å². The SMILES string of the molecule is O.O=S(=O)([O-])C(F)(F)F.[Ag+]. The van der Waals surface area contributed by atoms with E-state index >= 15 is 0 Å². The fourth-order valence-electron chi connectivity index (χ4n) is 0. The van der Waals surface area contributed by atoms with Gasteiger partial charge in [0.1, 0.15) is 0 Å². The van der Waals surface area contributed by atoms with Gasteiger partial charge in [0.25, 0.3) is 0 Å². The van der Waals surface area contributed by atoms with Crippen molar-refractivity contribution in [2.75, 3.05) is 0 Å². The van der Waals surface area contributed by atoms with E-state index in [0.717, 1.165) is 0 Å². The van der Waals surface area contributed by atoms with Gasteiger partial charge in [0, 0.05) is 0 Å². The molecule has 4 nitrogen and oxygen atoms in total. The molecule has 0 aromatic carbocycles. The van der Waals surface area contributed by atoms with Crippen LogP contribution in [-0.4, -0.2) is 24.0 Å². The first-order valence-electron chi connectivity index (χ1n) is 1.27. The fourth-order valence-corrected chi connectivity index (χ4v) is 0. The van der Waals surface area contributed by atoms with E-state index in [9.17, 15) is 13.2 Å². The van der Waals surface area contributed by atoms with Gasteiger partial charge in [-0.3, -0.25) is 0 Å². The third-order valence-corrected chi connectivity index (χ3v) is 0.850. The first-order chi connectivity index (χ1) is 3.25. The van der Waals surface area contributed by atoms with Gasteiger partial charge in [-0.25, -0.2) is 8.42 Å². The van der Waals surface area contributed by atoms with Crippen LogP contribution in [0.15, 0.2) is 0 Å². The van der Waals surface area contributed by atoms with Gasteiger partial charge in [-0.05, 0) is 0 Å². The minimum absolute atomic E-state index is 0. The van der Waals surface area contributed by atoms with Crippen LogP contribution in [0.2, 0.25) is 0 Å². The normalized spacial score (nSPS) is 11.2. The standard InChI is InChI=1S/CHF3O3S.Ag.H2O/c2-1(3,4)8(5,6)7;;/h(H,5,6,7);;1H2/q;+1;/p-1. The number of rotatable bonds is 0. The quantitative estimate of drug-likeness (QED) is 0.330. The van der Waals surface area contributed by atoms with Crippen LogP contribution in [0.5, 0.6) is 0 Å². The number of alkyl halides is 3. The summed E-state index contributed by atoms with van der Waals surface area (Å²) in [7, 11) is -6.09. The molecule has 0 fully saturated rings. The summed E-state index contributed by atoms with van der Waals surface area (Å²) in [5.41, 5.74) is -5.65. The zero-order valence-electron chi connectivity index (χ0n) is 4.07. The second kappa shape index (κ2) is 4.31. The molecule has 0 aliphatic rings. The molecule has 0 unspecified atom stereocenters. The summed E-state index contributed by atoms with van der Waals surface area (Å²) in [6, 6.07) is 0. The Morgan fingerprint density at radius 1 is 1.20 bits per heavy atom. The molecule has 0 spiro atoms. The molecule has 0 atom stereocenters. The Morgan fingerprint density at radius 2 is 1.30 bits per heavy atom. The summed E-state index contributed by atoms with van der Waals surface area (Å²) in [6.07, 6.45) is 0. The van der Waals surface area contributed by atoms with Crippen LogP contribution in [0.25, 0.3) is 0 Å². The molecule has 68 valence electrons. The maximum Gasteiger partial charge on any atom is 1.00 e. The molecular formula is CH2AgF3O4S. The van der Waals surface area contributed by atoms with Crippen LogP contribution < -0.4 is 0 Å². The zero-order valence-corrected chi connectivity index (χ0v) is 6.37. The maximum absolute atomic E-state index is 10.7. The van der Waals surface area contributed by atoms with Crippen LogP contribution in [-0.2, 0) is 32.5 Å². The van der Waals surface area contributed by atoms with E-state index in [-0.39, 0.29) is 27.9 Å². The smallest absolute Gasteiger partial charge is 0.741 e. The largest absolute Gasteiger partial charge is 1.00 e. The Balaban J connectivity index is -0.000000245. The van der Waals surface area contributed by atoms with Crippen LogP contribution in [0.3, 0.4) is 0 Å². The van der Waals surface area contributed by atoms with Crippen molar-refractivity contribution in [3.05, 3.63) is 0 Å². The number of halogens is 3. The van der Waals surface area contributed by atoms with Gasteiger partial charge in [-0.2, -0.15) is 13.2 Å². The summed E-state index contributed by atoms with van der Waals surface area (Å²) in [4.78, 5) is 0. The van der Waals surface area contributed by atoms with Gasteiger partial charge in [0.2, 0.25) is 0 Å². The summed E-state index contributed by atoms with van der Waals surface area (Å²) < 4.78 is 58.9. The predicted molar refractivity (Wildman–Crippen MR) is 19.4 cm³/mol. The van der Waals surface area contributed by atoms with E-state index in [1.807, 2.05) is 0 Å². The van der Waals surface area contributed by atoms with Crippen LogP contribution >= 0.6 is 0 Å². The molecule has 0 amide bonds. The molecular weight excluding hydrogens is 273 g/mol. The molecule has 2 N–H and O–H groups in total. The minimum Gasteiger partial charge on any atom is -0.741 e. The van der Waals surface area contributed by atoms with Crippen LogP contribution in [0, 0.1) is 0 Å². The molecule has 10 heavy (non-hydrogen) atoms. The molecule has 0 aromatic heterocycles. The molecule has 0 saturated heterocycles. The monoisotopic (exact) mass is 274 g/mol. The zero-order chi connectivity index (χ0) is 7.00. The summed E-state index contributed by atoms with van der Waals surface area (Å²) in [6.45, 7) is 0.